The molecule has 9 nitrogen and oxygen atoms in total. The zero-order valence-electron chi connectivity index (χ0n) is 21.7. The molecule has 1 rings (SSSR count). The molecule has 0 radical (unpaired) electrons. The SMILES string of the molecule is C#Cc1ccccc1C(C(=O)NCCC(=O)OCC)N(C(=O)CNC(=O)OC(C)(C)C)C(C)(C)C. The van der Waals surface area contributed by atoms with Gasteiger partial charge in [0, 0.05) is 17.6 Å². The number of rotatable bonds is 9. The third-order valence-corrected chi connectivity index (χ3v) is 4.63. The molecular formula is C26H37N3O6. The van der Waals surface area contributed by atoms with Crippen LogP contribution < -0.4 is 10.6 Å². The van der Waals surface area contributed by atoms with Crippen LogP contribution in [-0.4, -0.2) is 59.6 Å². The van der Waals surface area contributed by atoms with Gasteiger partial charge in [-0.25, -0.2) is 4.79 Å². The predicted molar refractivity (Wildman–Crippen MR) is 132 cm³/mol. The normalized spacial score (nSPS) is 12.1. The maximum Gasteiger partial charge on any atom is 0.408 e. The summed E-state index contributed by atoms with van der Waals surface area (Å²) in [6, 6.07) is 5.70. The Balaban J connectivity index is 3.29. The fraction of sp³-hybridized carbons (Fsp3) is 0.538. The highest BCUT2D eigenvalue weighted by atomic mass is 16.6. The Labute approximate surface area is 207 Å². The molecule has 1 unspecified atom stereocenters. The number of terminal acetylenes is 1. The number of hydrogen-bond acceptors (Lipinski definition) is 6. The molecule has 0 heterocycles. The number of carbonyl (C=O) groups is 4. The van der Waals surface area contributed by atoms with Crippen molar-refractivity contribution in [1.29, 1.82) is 0 Å². The quantitative estimate of drug-likeness (QED) is 0.409. The molecule has 0 aliphatic carbocycles. The molecule has 1 aromatic carbocycles. The molecule has 0 aromatic heterocycles. The highest BCUT2D eigenvalue weighted by Crippen LogP contribution is 2.31. The van der Waals surface area contributed by atoms with Crippen molar-refractivity contribution >= 4 is 23.9 Å². The largest absolute Gasteiger partial charge is 0.466 e. The van der Waals surface area contributed by atoms with Gasteiger partial charge in [0.25, 0.3) is 0 Å². The topological polar surface area (TPSA) is 114 Å². The fourth-order valence-electron chi connectivity index (χ4n) is 3.33. The van der Waals surface area contributed by atoms with Crippen molar-refractivity contribution < 1.29 is 28.7 Å². The number of carbonyl (C=O) groups excluding carboxylic acids is 4. The summed E-state index contributed by atoms with van der Waals surface area (Å²) in [5.74, 6) is 1.09. The van der Waals surface area contributed by atoms with Gasteiger partial charge in [-0.15, -0.1) is 6.42 Å². The summed E-state index contributed by atoms with van der Waals surface area (Å²) >= 11 is 0. The first-order chi connectivity index (χ1) is 16.2. The van der Waals surface area contributed by atoms with Crippen LogP contribution in [0.25, 0.3) is 0 Å². The third kappa shape index (κ3) is 9.69. The Morgan fingerprint density at radius 2 is 1.69 bits per heavy atom. The smallest absolute Gasteiger partial charge is 0.408 e. The summed E-state index contributed by atoms with van der Waals surface area (Å²) in [7, 11) is 0. The Morgan fingerprint density at radius 1 is 1.06 bits per heavy atom. The zero-order valence-corrected chi connectivity index (χ0v) is 21.7. The van der Waals surface area contributed by atoms with Crippen LogP contribution in [0.5, 0.6) is 0 Å². The molecular weight excluding hydrogens is 450 g/mol. The first-order valence-corrected chi connectivity index (χ1v) is 11.5. The Kier molecular flexibility index (Phi) is 10.8. The summed E-state index contributed by atoms with van der Waals surface area (Å²) in [6.07, 6.45) is 4.91. The number of esters is 1. The van der Waals surface area contributed by atoms with Gasteiger partial charge in [-0.3, -0.25) is 14.4 Å². The molecule has 1 atom stereocenters. The molecule has 0 bridgehead atoms. The van der Waals surface area contributed by atoms with Gasteiger partial charge in [0.05, 0.1) is 13.0 Å². The molecule has 35 heavy (non-hydrogen) atoms. The average molecular weight is 488 g/mol. The van der Waals surface area contributed by atoms with Gasteiger partial charge in [0.2, 0.25) is 11.8 Å². The molecule has 9 heteroatoms. The van der Waals surface area contributed by atoms with Gasteiger partial charge in [0.1, 0.15) is 18.2 Å². The maximum atomic E-state index is 13.4. The summed E-state index contributed by atoms with van der Waals surface area (Å²) < 4.78 is 10.1. The van der Waals surface area contributed by atoms with E-state index in [0.29, 0.717) is 11.1 Å². The van der Waals surface area contributed by atoms with E-state index in [1.54, 1.807) is 72.7 Å². The second-order valence-corrected chi connectivity index (χ2v) is 9.77. The van der Waals surface area contributed by atoms with Crippen LogP contribution in [0.2, 0.25) is 0 Å². The van der Waals surface area contributed by atoms with Crippen LogP contribution in [0.3, 0.4) is 0 Å². The molecule has 3 amide bonds. The molecule has 0 spiro atoms. The van der Waals surface area contributed by atoms with E-state index in [9.17, 15) is 19.2 Å². The molecule has 0 saturated heterocycles. The minimum atomic E-state index is -1.11. The molecule has 0 saturated carbocycles. The monoisotopic (exact) mass is 487 g/mol. The second-order valence-electron chi connectivity index (χ2n) is 9.77. The number of amides is 3. The Hall–Kier alpha value is -3.54. The van der Waals surface area contributed by atoms with Crippen LogP contribution in [0.4, 0.5) is 4.79 Å². The van der Waals surface area contributed by atoms with Crippen molar-refractivity contribution in [1.82, 2.24) is 15.5 Å². The van der Waals surface area contributed by atoms with Crippen molar-refractivity contribution in [3.05, 3.63) is 35.4 Å². The third-order valence-electron chi connectivity index (χ3n) is 4.63. The lowest BCUT2D eigenvalue weighted by Gasteiger charge is -2.41. The Bertz CT molecular complexity index is 953. The van der Waals surface area contributed by atoms with Crippen molar-refractivity contribution in [2.45, 2.75) is 72.1 Å². The lowest BCUT2D eigenvalue weighted by molar-refractivity contribution is -0.146. The van der Waals surface area contributed by atoms with Crippen LogP contribution in [0.15, 0.2) is 24.3 Å². The van der Waals surface area contributed by atoms with Crippen molar-refractivity contribution in [3.8, 4) is 12.3 Å². The van der Waals surface area contributed by atoms with Crippen LogP contribution >= 0.6 is 0 Å². The lowest BCUT2D eigenvalue weighted by Crippen LogP contribution is -2.55. The number of benzene rings is 1. The fourth-order valence-corrected chi connectivity index (χ4v) is 3.33. The van der Waals surface area contributed by atoms with E-state index in [-0.39, 0.29) is 19.6 Å². The minimum Gasteiger partial charge on any atom is -0.466 e. The number of ether oxygens (including phenoxy) is 2. The Morgan fingerprint density at radius 3 is 2.23 bits per heavy atom. The predicted octanol–water partition coefficient (Wildman–Crippen LogP) is 2.93. The van der Waals surface area contributed by atoms with Crippen molar-refractivity contribution in [2.75, 3.05) is 19.7 Å². The number of nitrogens with zero attached hydrogens (tertiary/aromatic N) is 1. The molecule has 0 aliphatic heterocycles. The van der Waals surface area contributed by atoms with Gasteiger partial charge in [-0.2, -0.15) is 0 Å². The lowest BCUT2D eigenvalue weighted by atomic mass is 9.93. The molecule has 192 valence electrons. The highest BCUT2D eigenvalue weighted by Gasteiger charge is 2.39. The number of alkyl carbamates (subject to hydrolysis) is 1. The summed E-state index contributed by atoms with van der Waals surface area (Å²) in [4.78, 5) is 52.0. The van der Waals surface area contributed by atoms with Gasteiger partial charge in [-0.05, 0) is 60.1 Å². The molecule has 0 fully saturated rings. The number of hydrogen-bond donors (Lipinski definition) is 2. The molecule has 0 aliphatic rings. The van der Waals surface area contributed by atoms with Crippen molar-refractivity contribution in [2.24, 2.45) is 0 Å². The average Bonchev–Trinajstić information content (AvgIpc) is 2.73. The molecule has 2 N–H and O–H groups in total. The zero-order chi connectivity index (χ0) is 26.8. The first-order valence-electron chi connectivity index (χ1n) is 11.5. The maximum absolute atomic E-state index is 13.4. The van der Waals surface area contributed by atoms with Gasteiger partial charge >= 0.3 is 12.1 Å². The van der Waals surface area contributed by atoms with Crippen LogP contribution in [-0.2, 0) is 23.9 Å². The highest BCUT2D eigenvalue weighted by molar-refractivity contribution is 5.91. The van der Waals surface area contributed by atoms with E-state index in [0.717, 1.165) is 0 Å². The summed E-state index contributed by atoms with van der Waals surface area (Å²) in [5.41, 5.74) is -0.675. The first kappa shape index (κ1) is 29.5. The van der Waals surface area contributed by atoms with E-state index in [1.807, 2.05) is 0 Å². The van der Waals surface area contributed by atoms with E-state index >= 15 is 0 Å². The van der Waals surface area contributed by atoms with Gasteiger partial charge in [0.15, 0.2) is 0 Å². The van der Waals surface area contributed by atoms with Crippen molar-refractivity contribution in [3.63, 3.8) is 0 Å². The van der Waals surface area contributed by atoms with Crippen LogP contribution in [0.1, 0.15) is 72.1 Å². The summed E-state index contributed by atoms with van der Waals surface area (Å²) in [5, 5.41) is 5.16. The number of nitrogens with one attached hydrogen (secondary N) is 2. The van der Waals surface area contributed by atoms with Gasteiger partial charge in [-0.1, -0.05) is 24.1 Å². The van der Waals surface area contributed by atoms with E-state index < -0.39 is 47.6 Å². The second kappa shape index (κ2) is 12.8. The standard InChI is InChI=1S/C26H37N3O6/c1-9-18-13-11-12-14-19(18)22(23(32)27-16-15-21(31)34-10-2)29(25(3,4)5)20(30)17-28-24(33)35-26(6,7)8/h1,11-14,22H,10,15-17H2,2-8H3,(H,27,32)(H,28,33). The van der Waals surface area contributed by atoms with Gasteiger partial charge < -0.3 is 25.0 Å². The van der Waals surface area contributed by atoms with E-state index in [2.05, 4.69) is 16.6 Å². The summed E-state index contributed by atoms with van der Waals surface area (Å²) in [6.45, 7) is 12.0. The van der Waals surface area contributed by atoms with E-state index in [1.165, 1.54) is 4.90 Å². The van der Waals surface area contributed by atoms with Crippen LogP contribution in [0, 0.1) is 12.3 Å². The minimum absolute atomic E-state index is 0.0211. The molecule has 1 aromatic rings. The van der Waals surface area contributed by atoms with E-state index in [4.69, 9.17) is 15.9 Å².